The van der Waals surface area contributed by atoms with Crippen molar-refractivity contribution in [2.75, 3.05) is 19.6 Å². The Bertz CT molecular complexity index is 920. The Morgan fingerprint density at radius 3 is 2.96 bits per heavy atom. The van der Waals surface area contributed by atoms with E-state index in [9.17, 15) is 4.79 Å². The number of benzene rings is 1. The minimum Gasteiger partial charge on any atom is -0.469 e. The summed E-state index contributed by atoms with van der Waals surface area (Å²) in [6.45, 7) is 5.09. The number of aryl methyl sites for hydroxylation is 1. The van der Waals surface area contributed by atoms with Gasteiger partial charge in [-0.15, -0.1) is 5.10 Å². The van der Waals surface area contributed by atoms with Gasteiger partial charge in [0.25, 0.3) is 5.91 Å². The van der Waals surface area contributed by atoms with E-state index >= 15 is 0 Å². The Hall–Kier alpha value is -3.00. The first-order chi connectivity index (χ1) is 13.7. The summed E-state index contributed by atoms with van der Waals surface area (Å²) in [4.78, 5) is 14.6. The molecular weight excluding hydrogens is 356 g/mol. The second kappa shape index (κ2) is 8.35. The van der Waals surface area contributed by atoms with Gasteiger partial charge in [0.2, 0.25) is 0 Å². The number of nitrogens with zero attached hydrogens (tertiary/aromatic N) is 5. The van der Waals surface area contributed by atoms with Crippen molar-refractivity contribution in [2.24, 2.45) is 5.92 Å². The minimum absolute atomic E-state index is 0.0815. The third kappa shape index (κ3) is 4.28. The van der Waals surface area contributed by atoms with Crippen LogP contribution in [-0.2, 0) is 6.54 Å². The molecular formula is C20H24N6O2. The van der Waals surface area contributed by atoms with E-state index in [1.165, 1.54) is 6.26 Å². The maximum absolute atomic E-state index is 12.2. The van der Waals surface area contributed by atoms with Gasteiger partial charge in [0, 0.05) is 13.1 Å². The van der Waals surface area contributed by atoms with Crippen LogP contribution in [0.3, 0.4) is 0 Å². The van der Waals surface area contributed by atoms with Crippen LogP contribution in [0.5, 0.6) is 0 Å². The average Bonchev–Trinajstić information content (AvgIpc) is 3.36. The van der Waals surface area contributed by atoms with Gasteiger partial charge in [-0.2, -0.15) is 4.68 Å². The van der Waals surface area contributed by atoms with E-state index in [2.05, 4.69) is 25.7 Å². The topological polar surface area (TPSA) is 89.1 Å². The second-order valence-electron chi connectivity index (χ2n) is 7.24. The first kappa shape index (κ1) is 18.4. The molecule has 0 radical (unpaired) electrons. The summed E-state index contributed by atoms with van der Waals surface area (Å²) in [7, 11) is 0. The van der Waals surface area contributed by atoms with Gasteiger partial charge in [-0.1, -0.05) is 18.2 Å². The van der Waals surface area contributed by atoms with Crippen molar-refractivity contribution in [3.63, 3.8) is 0 Å². The number of para-hydroxylation sites is 1. The molecule has 1 atom stereocenters. The highest BCUT2D eigenvalue weighted by molar-refractivity contribution is 5.93. The quantitative estimate of drug-likeness (QED) is 0.705. The summed E-state index contributed by atoms with van der Waals surface area (Å²) in [5, 5.41) is 15.2. The first-order valence-electron chi connectivity index (χ1n) is 9.57. The molecule has 1 unspecified atom stereocenters. The molecule has 4 rings (SSSR count). The highest BCUT2D eigenvalue weighted by Gasteiger charge is 2.23. The molecule has 0 spiro atoms. The van der Waals surface area contributed by atoms with E-state index in [0.29, 0.717) is 24.6 Å². The van der Waals surface area contributed by atoms with Crippen LogP contribution in [0.15, 0.2) is 47.1 Å². The van der Waals surface area contributed by atoms with Gasteiger partial charge in [-0.3, -0.25) is 9.69 Å². The molecule has 1 aliphatic rings. The monoisotopic (exact) mass is 380 g/mol. The van der Waals surface area contributed by atoms with Crippen LogP contribution in [-0.4, -0.2) is 50.6 Å². The number of carbonyl (C=O) groups is 1. The number of hydrogen-bond donors (Lipinski definition) is 1. The van der Waals surface area contributed by atoms with Gasteiger partial charge in [-0.05, 0) is 60.9 Å². The summed E-state index contributed by atoms with van der Waals surface area (Å²) >= 11 is 0. The van der Waals surface area contributed by atoms with E-state index in [-0.39, 0.29) is 5.91 Å². The standard InChI is InChI=1S/C20H24N6O2/c1-15-10-17(14-28-15)20(27)21-11-16-6-5-9-25(12-16)13-19-22-23-24-26(19)18-7-3-2-4-8-18/h2-4,7-8,10,14,16H,5-6,9,11-13H2,1H3,(H,21,27). The Labute approximate surface area is 163 Å². The van der Waals surface area contributed by atoms with E-state index in [4.69, 9.17) is 4.42 Å². The number of piperidine rings is 1. The zero-order valence-corrected chi connectivity index (χ0v) is 15.9. The Kier molecular flexibility index (Phi) is 5.48. The summed E-state index contributed by atoms with van der Waals surface area (Å²) in [6.07, 6.45) is 3.70. The van der Waals surface area contributed by atoms with Crippen molar-refractivity contribution in [2.45, 2.75) is 26.3 Å². The normalized spacial score (nSPS) is 17.5. The molecule has 3 aromatic rings. The van der Waals surface area contributed by atoms with Crippen LogP contribution in [0.4, 0.5) is 0 Å². The summed E-state index contributed by atoms with van der Waals surface area (Å²) in [5.41, 5.74) is 1.53. The zero-order chi connectivity index (χ0) is 19.3. The molecule has 2 aromatic heterocycles. The summed E-state index contributed by atoms with van der Waals surface area (Å²) in [5.74, 6) is 1.89. The highest BCUT2D eigenvalue weighted by Crippen LogP contribution is 2.18. The molecule has 3 heterocycles. The molecule has 1 aromatic carbocycles. The van der Waals surface area contributed by atoms with E-state index in [0.717, 1.165) is 43.2 Å². The van der Waals surface area contributed by atoms with Crippen LogP contribution >= 0.6 is 0 Å². The van der Waals surface area contributed by atoms with Crippen LogP contribution in [0.2, 0.25) is 0 Å². The molecule has 28 heavy (non-hydrogen) atoms. The summed E-state index contributed by atoms with van der Waals surface area (Å²) in [6, 6.07) is 11.7. The lowest BCUT2D eigenvalue weighted by Gasteiger charge is -2.32. The second-order valence-corrected chi connectivity index (χ2v) is 7.24. The van der Waals surface area contributed by atoms with Gasteiger partial charge < -0.3 is 9.73 Å². The number of rotatable bonds is 6. The van der Waals surface area contributed by atoms with Crippen molar-refractivity contribution < 1.29 is 9.21 Å². The molecule has 1 fully saturated rings. The predicted octanol–water partition coefficient (Wildman–Crippen LogP) is 2.21. The number of amides is 1. The fourth-order valence-electron chi connectivity index (χ4n) is 3.64. The van der Waals surface area contributed by atoms with E-state index in [1.54, 1.807) is 10.7 Å². The molecule has 1 N–H and O–H groups in total. The lowest BCUT2D eigenvalue weighted by molar-refractivity contribution is 0.0929. The van der Waals surface area contributed by atoms with Crippen molar-refractivity contribution in [1.29, 1.82) is 0 Å². The molecule has 0 bridgehead atoms. The molecule has 1 saturated heterocycles. The number of nitrogens with one attached hydrogen (secondary N) is 1. The fraction of sp³-hybridized carbons (Fsp3) is 0.400. The highest BCUT2D eigenvalue weighted by atomic mass is 16.3. The fourth-order valence-corrected chi connectivity index (χ4v) is 3.64. The van der Waals surface area contributed by atoms with Crippen LogP contribution in [0, 0.1) is 12.8 Å². The van der Waals surface area contributed by atoms with Crippen molar-refractivity contribution in [3.05, 3.63) is 59.8 Å². The third-order valence-electron chi connectivity index (χ3n) is 5.05. The Balaban J connectivity index is 1.33. The van der Waals surface area contributed by atoms with E-state index in [1.807, 2.05) is 37.3 Å². The number of likely N-dealkylation sites (tertiary alicyclic amines) is 1. The van der Waals surface area contributed by atoms with Crippen molar-refractivity contribution in [3.8, 4) is 5.69 Å². The molecule has 8 nitrogen and oxygen atoms in total. The number of aromatic nitrogens is 4. The van der Waals surface area contributed by atoms with Crippen molar-refractivity contribution >= 4 is 5.91 Å². The molecule has 1 aliphatic heterocycles. The molecule has 1 amide bonds. The maximum Gasteiger partial charge on any atom is 0.254 e. The van der Waals surface area contributed by atoms with Crippen LogP contribution in [0.1, 0.15) is 34.8 Å². The van der Waals surface area contributed by atoms with Crippen molar-refractivity contribution in [1.82, 2.24) is 30.4 Å². The van der Waals surface area contributed by atoms with Gasteiger partial charge in [-0.25, -0.2) is 0 Å². The Morgan fingerprint density at radius 1 is 1.32 bits per heavy atom. The first-order valence-corrected chi connectivity index (χ1v) is 9.57. The number of tetrazole rings is 1. The molecule has 0 saturated carbocycles. The van der Waals surface area contributed by atoms with Gasteiger partial charge in [0.05, 0.1) is 17.8 Å². The number of carbonyl (C=O) groups excluding carboxylic acids is 1. The lowest BCUT2D eigenvalue weighted by Crippen LogP contribution is -2.40. The van der Waals surface area contributed by atoms with Crippen LogP contribution in [0.25, 0.3) is 5.69 Å². The predicted molar refractivity (Wildman–Crippen MR) is 103 cm³/mol. The smallest absolute Gasteiger partial charge is 0.254 e. The molecule has 8 heteroatoms. The molecule has 146 valence electrons. The third-order valence-corrected chi connectivity index (χ3v) is 5.05. The number of furan rings is 1. The zero-order valence-electron chi connectivity index (χ0n) is 15.9. The van der Waals surface area contributed by atoms with Gasteiger partial charge in [0.15, 0.2) is 5.82 Å². The van der Waals surface area contributed by atoms with Gasteiger partial charge >= 0.3 is 0 Å². The summed E-state index contributed by atoms with van der Waals surface area (Å²) < 4.78 is 7.00. The maximum atomic E-state index is 12.2. The van der Waals surface area contributed by atoms with Crippen LogP contribution < -0.4 is 5.32 Å². The molecule has 0 aliphatic carbocycles. The average molecular weight is 380 g/mol. The van der Waals surface area contributed by atoms with E-state index < -0.39 is 0 Å². The Morgan fingerprint density at radius 2 is 2.18 bits per heavy atom. The SMILES string of the molecule is Cc1cc(C(=O)NCC2CCCN(Cc3nnnn3-c3ccccc3)C2)co1. The minimum atomic E-state index is -0.0815. The largest absolute Gasteiger partial charge is 0.469 e. The number of hydrogen-bond acceptors (Lipinski definition) is 6. The lowest BCUT2D eigenvalue weighted by atomic mass is 9.98. The van der Waals surface area contributed by atoms with Gasteiger partial charge in [0.1, 0.15) is 12.0 Å².